The summed E-state index contributed by atoms with van der Waals surface area (Å²) in [6.07, 6.45) is 2.66. The topological polar surface area (TPSA) is 42.3 Å². The van der Waals surface area contributed by atoms with Crippen molar-refractivity contribution in [2.24, 2.45) is 7.05 Å². The van der Waals surface area contributed by atoms with Gasteiger partial charge in [0.25, 0.3) is 0 Å². The number of nitrogens with zero attached hydrogens (tertiary/aromatic N) is 3. The number of nitrogens with one attached hydrogen (secondary N) is 1. The first-order chi connectivity index (χ1) is 9.81. The molecule has 21 heavy (non-hydrogen) atoms. The zero-order valence-corrected chi connectivity index (χ0v) is 14.4. The van der Waals surface area contributed by atoms with Gasteiger partial charge in [-0.3, -0.25) is 4.68 Å². The Morgan fingerprint density at radius 1 is 1.38 bits per heavy atom. The second kappa shape index (κ2) is 6.36. The molecule has 2 rings (SSSR count). The fraction of sp³-hybridized carbons (Fsp3) is 0.812. The van der Waals surface area contributed by atoms with Crippen LogP contribution in [0.2, 0.25) is 0 Å². The van der Waals surface area contributed by atoms with Crippen molar-refractivity contribution in [1.82, 2.24) is 15.1 Å². The molecule has 1 unspecified atom stereocenters. The molecular weight excluding hydrogens is 264 g/mol. The highest BCUT2D eigenvalue weighted by Gasteiger charge is 2.26. The Balaban J connectivity index is 2.21. The van der Waals surface area contributed by atoms with E-state index >= 15 is 0 Å². The first-order valence-electron chi connectivity index (χ1n) is 7.87. The van der Waals surface area contributed by atoms with Crippen molar-refractivity contribution >= 4 is 5.82 Å². The van der Waals surface area contributed by atoms with E-state index in [0.29, 0.717) is 6.10 Å². The number of aryl methyl sites for hydroxylation is 2. The Bertz CT molecular complexity index is 475. The molecule has 120 valence electrons. The predicted octanol–water partition coefficient (Wildman–Crippen LogP) is 2.23. The van der Waals surface area contributed by atoms with Crippen LogP contribution in [0.5, 0.6) is 0 Å². The molecule has 1 N–H and O–H groups in total. The summed E-state index contributed by atoms with van der Waals surface area (Å²) in [6.45, 7) is 11.6. The van der Waals surface area contributed by atoms with E-state index in [9.17, 15) is 0 Å². The van der Waals surface area contributed by atoms with Crippen LogP contribution >= 0.6 is 0 Å². The minimum absolute atomic E-state index is 0.108. The lowest BCUT2D eigenvalue weighted by molar-refractivity contribution is 0.0889. The lowest BCUT2D eigenvalue weighted by Crippen LogP contribution is -2.41. The van der Waals surface area contributed by atoms with Crippen molar-refractivity contribution in [3.8, 4) is 0 Å². The molecule has 0 saturated carbocycles. The Morgan fingerprint density at radius 2 is 2.10 bits per heavy atom. The molecule has 0 radical (unpaired) electrons. The number of piperidine rings is 1. The van der Waals surface area contributed by atoms with Gasteiger partial charge < -0.3 is 15.0 Å². The van der Waals surface area contributed by atoms with E-state index < -0.39 is 0 Å². The normalized spacial score (nSPS) is 20.1. The monoisotopic (exact) mass is 294 g/mol. The summed E-state index contributed by atoms with van der Waals surface area (Å²) in [5, 5.41) is 8.22. The van der Waals surface area contributed by atoms with Crippen LogP contribution in [-0.2, 0) is 18.3 Å². The van der Waals surface area contributed by atoms with Gasteiger partial charge in [0.1, 0.15) is 5.82 Å². The molecule has 1 aromatic rings. The zero-order valence-electron chi connectivity index (χ0n) is 14.4. The highest BCUT2D eigenvalue weighted by Crippen LogP contribution is 2.27. The number of hydrogen-bond acceptors (Lipinski definition) is 4. The van der Waals surface area contributed by atoms with E-state index in [1.807, 2.05) is 18.8 Å². The van der Waals surface area contributed by atoms with Crippen molar-refractivity contribution in [2.45, 2.75) is 58.7 Å². The summed E-state index contributed by atoms with van der Waals surface area (Å²) in [5.74, 6) is 1.24. The number of hydrogen-bond donors (Lipinski definition) is 1. The lowest BCUT2D eigenvalue weighted by Gasteiger charge is -2.34. The van der Waals surface area contributed by atoms with E-state index in [1.54, 1.807) is 0 Å². The van der Waals surface area contributed by atoms with E-state index in [0.717, 1.165) is 31.7 Å². The first-order valence-corrected chi connectivity index (χ1v) is 7.87. The quantitative estimate of drug-likeness (QED) is 0.925. The van der Waals surface area contributed by atoms with Gasteiger partial charge in [-0.2, -0.15) is 5.10 Å². The molecule has 0 aliphatic carbocycles. The van der Waals surface area contributed by atoms with Gasteiger partial charge in [0.2, 0.25) is 0 Å². The number of anilines is 1. The van der Waals surface area contributed by atoms with Gasteiger partial charge in [-0.05, 0) is 40.5 Å². The third-order valence-electron chi connectivity index (χ3n) is 4.12. The van der Waals surface area contributed by atoms with E-state index in [2.05, 4.69) is 43.0 Å². The second-order valence-electron chi connectivity index (χ2n) is 7.06. The average molecular weight is 294 g/mol. The minimum Gasteiger partial charge on any atom is -0.380 e. The molecule has 5 nitrogen and oxygen atoms in total. The van der Waals surface area contributed by atoms with Gasteiger partial charge in [0.15, 0.2) is 0 Å². The fourth-order valence-corrected chi connectivity index (χ4v) is 2.97. The van der Waals surface area contributed by atoms with Crippen LogP contribution in [0.3, 0.4) is 0 Å². The third kappa shape index (κ3) is 3.98. The molecule has 5 heteroatoms. The molecule has 1 saturated heterocycles. The predicted molar refractivity (Wildman–Crippen MR) is 86.8 cm³/mol. The fourth-order valence-electron chi connectivity index (χ4n) is 2.97. The summed E-state index contributed by atoms with van der Waals surface area (Å²) in [5.41, 5.74) is 2.53. The summed E-state index contributed by atoms with van der Waals surface area (Å²) in [4.78, 5) is 2.43. The maximum atomic E-state index is 5.56. The maximum Gasteiger partial charge on any atom is 0.131 e. The number of rotatable bonds is 4. The van der Waals surface area contributed by atoms with E-state index in [-0.39, 0.29) is 5.54 Å². The number of aromatic nitrogens is 2. The zero-order chi connectivity index (χ0) is 15.6. The van der Waals surface area contributed by atoms with Crippen molar-refractivity contribution < 1.29 is 4.74 Å². The SMILES string of the molecule is COC1CCCN(c2c(CNC(C)(C)C)c(C)nn2C)C1. The molecular formula is C16H30N4O. The molecule has 0 spiro atoms. The molecule has 1 atom stereocenters. The van der Waals surface area contributed by atoms with Crippen LogP contribution in [0.25, 0.3) is 0 Å². The summed E-state index contributed by atoms with van der Waals surface area (Å²) < 4.78 is 7.58. The highest BCUT2D eigenvalue weighted by molar-refractivity contribution is 5.50. The molecule has 1 aliphatic heterocycles. The summed E-state index contributed by atoms with van der Waals surface area (Å²) in [6, 6.07) is 0. The van der Waals surface area contributed by atoms with Gasteiger partial charge >= 0.3 is 0 Å². The van der Waals surface area contributed by atoms with Gasteiger partial charge in [0, 0.05) is 44.9 Å². The highest BCUT2D eigenvalue weighted by atomic mass is 16.5. The van der Waals surface area contributed by atoms with Gasteiger partial charge in [-0.25, -0.2) is 0 Å². The molecule has 1 fully saturated rings. The van der Waals surface area contributed by atoms with Crippen molar-refractivity contribution in [3.63, 3.8) is 0 Å². The molecule has 0 amide bonds. The molecule has 0 aromatic carbocycles. The third-order valence-corrected chi connectivity index (χ3v) is 4.12. The first kappa shape index (κ1) is 16.3. The molecule has 2 heterocycles. The Morgan fingerprint density at radius 3 is 2.71 bits per heavy atom. The number of methoxy groups -OCH3 is 1. The molecule has 1 aliphatic rings. The lowest BCUT2D eigenvalue weighted by atomic mass is 10.1. The van der Waals surface area contributed by atoms with E-state index in [4.69, 9.17) is 4.74 Å². The van der Waals surface area contributed by atoms with Crippen LogP contribution in [-0.4, -0.2) is 41.6 Å². The van der Waals surface area contributed by atoms with Crippen LogP contribution in [0, 0.1) is 6.92 Å². The van der Waals surface area contributed by atoms with Crippen LogP contribution < -0.4 is 10.2 Å². The minimum atomic E-state index is 0.108. The van der Waals surface area contributed by atoms with Crippen molar-refractivity contribution in [3.05, 3.63) is 11.3 Å². The largest absolute Gasteiger partial charge is 0.380 e. The molecule has 0 bridgehead atoms. The molecule has 1 aromatic heterocycles. The van der Waals surface area contributed by atoms with Crippen molar-refractivity contribution in [1.29, 1.82) is 0 Å². The standard InChI is InChI=1S/C16H30N4O/c1-12-14(10-17-16(2,3)4)15(19(5)18-12)20-9-7-8-13(11-20)21-6/h13,17H,7-11H2,1-6H3. The Labute approximate surface area is 128 Å². The van der Waals surface area contributed by atoms with Crippen LogP contribution in [0.4, 0.5) is 5.82 Å². The van der Waals surface area contributed by atoms with Gasteiger partial charge in [-0.1, -0.05) is 0 Å². The van der Waals surface area contributed by atoms with E-state index in [1.165, 1.54) is 17.8 Å². The van der Waals surface area contributed by atoms with Crippen LogP contribution in [0.15, 0.2) is 0 Å². The van der Waals surface area contributed by atoms with Gasteiger partial charge in [0.05, 0.1) is 11.8 Å². The summed E-state index contributed by atoms with van der Waals surface area (Å²) in [7, 11) is 3.85. The smallest absolute Gasteiger partial charge is 0.131 e. The van der Waals surface area contributed by atoms with Crippen LogP contribution in [0.1, 0.15) is 44.9 Å². The second-order valence-corrected chi connectivity index (χ2v) is 7.06. The number of ether oxygens (including phenoxy) is 1. The van der Waals surface area contributed by atoms with Crippen molar-refractivity contribution in [2.75, 3.05) is 25.1 Å². The Hall–Kier alpha value is -1.07. The average Bonchev–Trinajstić information content (AvgIpc) is 2.70. The maximum absolute atomic E-state index is 5.56. The Kier molecular flexibility index (Phi) is 4.94. The van der Waals surface area contributed by atoms with Gasteiger partial charge in [-0.15, -0.1) is 0 Å². The summed E-state index contributed by atoms with van der Waals surface area (Å²) >= 11 is 0.